The third-order valence-corrected chi connectivity index (χ3v) is 5.87. The van der Waals surface area contributed by atoms with Crippen LogP contribution in [0.4, 0.5) is 0 Å². The van der Waals surface area contributed by atoms with E-state index in [9.17, 15) is 14.7 Å². The molecule has 1 aromatic carbocycles. The molecule has 1 aliphatic carbocycles. The number of amides is 1. The zero-order valence-electron chi connectivity index (χ0n) is 14.4. The quantitative estimate of drug-likeness (QED) is 0.922. The maximum Gasteiger partial charge on any atom is 0.326 e. The molecular weight excluding hydrogens is 318 g/mol. The molecule has 2 fully saturated rings. The molecule has 2 aliphatic rings. The molecule has 4 rings (SSSR count). The van der Waals surface area contributed by atoms with Crippen LogP contribution in [0.25, 0.3) is 11.0 Å². The van der Waals surface area contributed by atoms with E-state index >= 15 is 0 Å². The van der Waals surface area contributed by atoms with Crippen molar-refractivity contribution in [1.82, 2.24) is 4.90 Å². The molecule has 1 saturated carbocycles. The number of nitrogens with zero attached hydrogens (tertiary/aromatic N) is 1. The number of hydrogen-bond acceptors (Lipinski definition) is 3. The van der Waals surface area contributed by atoms with E-state index < -0.39 is 17.9 Å². The molecule has 2 aromatic rings. The van der Waals surface area contributed by atoms with Gasteiger partial charge in [-0.2, -0.15) is 0 Å². The van der Waals surface area contributed by atoms with Crippen molar-refractivity contribution in [3.8, 4) is 0 Å². The maximum absolute atomic E-state index is 13.2. The summed E-state index contributed by atoms with van der Waals surface area (Å²) in [5, 5.41) is 10.6. The summed E-state index contributed by atoms with van der Waals surface area (Å²) in [6.45, 7) is 1.81. The minimum atomic E-state index is -0.889. The summed E-state index contributed by atoms with van der Waals surface area (Å²) >= 11 is 0. The van der Waals surface area contributed by atoms with Crippen molar-refractivity contribution >= 4 is 22.8 Å². The maximum atomic E-state index is 13.2. The summed E-state index contributed by atoms with van der Waals surface area (Å²) in [4.78, 5) is 26.6. The van der Waals surface area contributed by atoms with Crippen LogP contribution in [0.5, 0.6) is 0 Å². The average Bonchev–Trinajstić information content (AvgIpc) is 3.21. The Labute approximate surface area is 146 Å². The van der Waals surface area contributed by atoms with Crippen molar-refractivity contribution in [3.05, 3.63) is 36.1 Å². The van der Waals surface area contributed by atoms with Gasteiger partial charge in [-0.15, -0.1) is 0 Å². The van der Waals surface area contributed by atoms with Gasteiger partial charge in [0.1, 0.15) is 17.4 Å². The largest absolute Gasteiger partial charge is 0.480 e. The van der Waals surface area contributed by atoms with Gasteiger partial charge in [-0.3, -0.25) is 4.79 Å². The van der Waals surface area contributed by atoms with Crippen molar-refractivity contribution in [3.63, 3.8) is 0 Å². The Hall–Kier alpha value is -2.30. The number of rotatable bonds is 3. The minimum Gasteiger partial charge on any atom is -0.480 e. The molecular formula is C20H23NO4. The molecule has 132 valence electrons. The van der Waals surface area contributed by atoms with E-state index in [0.717, 1.165) is 36.7 Å². The molecule has 0 radical (unpaired) electrons. The van der Waals surface area contributed by atoms with Gasteiger partial charge in [0.25, 0.3) is 0 Å². The third-order valence-electron chi connectivity index (χ3n) is 5.87. The lowest BCUT2D eigenvalue weighted by molar-refractivity contribution is -0.150. The highest BCUT2D eigenvalue weighted by Crippen LogP contribution is 2.41. The second-order valence-electron chi connectivity index (χ2n) is 7.36. The third kappa shape index (κ3) is 2.71. The number of carbonyl (C=O) groups excluding carboxylic acids is 1. The highest BCUT2D eigenvalue weighted by molar-refractivity contribution is 5.89. The lowest BCUT2D eigenvalue weighted by Gasteiger charge is -2.34. The van der Waals surface area contributed by atoms with Crippen LogP contribution in [-0.2, 0) is 9.59 Å². The van der Waals surface area contributed by atoms with Crippen molar-refractivity contribution in [2.75, 3.05) is 0 Å². The van der Waals surface area contributed by atoms with Crippen molar-refractivity contribution in [2.45, 2.75) is 57.0 Å². The molecule has 5 nitrogen and oxygen atoms in total. The smallest absolute Gasteiger partial charge is 0.326 e. The SMILES string of the molecule is CC(C(=O)N1C(C(=O)O)CC2CCCCC21)c1cc2ccccc2o1. The highest BCUT2D eigenvalue weighted by Gasteiger charge is 2.48. The Balaban J connectivity index is 1.64. The van der Waals surface area contributed by atoms with Crippen molar-refractivity contribution in [1.29, 1.82) is 0 Å². The molecule has 0 bridgehead atoms. The van der Waals surface area contributed by atoms with Crippen molar-refractivity contribution < 1.29 is 19.1 Å². The molecule has 4 atom stereocenters. The van der Waals surface area contributed by atoms with Crippen molar-refractivity contribution in [2.24, 2.45) is 5.92 Å². The van der Waals surface area contributed by atoms with Crippen LogP contribution in [0, 0.1) is 5.92 Å². The number of furan rings is 1. The number of carboxylic acid groups (broad SMARTS) is 1. The van der Waals surface area contributed by atoms with Gasteiger partial charge in [-0.1, -0.05) is 31.0 Å². The Bertz CT molecular complexity index is 778. The summed E-state index contributed by atoms with van der Waals surface area (Å²) in [6.07, 6.45) is 4.72. The molecule has 0 spiro atoms. The van der Waals surface area contributed by atoms with Crippen LogP contribution < -0.4 is 0 Å². The molecule has 2 heterocycles. The molecule has 1 amide bonds. The first-order valence-electron chi connectivity index (χ1n) is 9.09. The van der Waals surface area contributed by atoms with E-state index in [1.54, 1.807) is 4.90 Å². The molecule has 1 aromatic heterocycles. The summed E-state index contributed by atoms with van der Waals surface area (Å²) in [5.74, 6) is -0.563. The Morgan fingerprint density at radius 1 is 1.24 bits per heavy atom. The number of carbonyl (C=O) groups is 2. The van der Waals surface area contributed by atoms with Gasteiger partial charge in [0.15, 0.2) is 0 Å². The number of benzene rings is 1. The number of likely N-dealkylation sites (tertiary alicyclic amines) is 1. The van der Waals surface area contributed by atoms with Crippen LogP contribution in [-0.4, -0.2) is 34.0 Å². The Morgan fingerprint density at radius 3 is 2.76 bits per heavy atom. The standard InChI is InChI=1S/C20H23NO4/c1-12(18-11-14-7-3-5-9-17(14)25-18)19(22)21-15-8-4-2-6-13(15)10-16(21)20(23)24/h3,5,7,9,11-13,15-16H,2,4,6,8,10H2,1H3,(H,23,24). The number of para-hydroxylation sites is 1. The molecule has 1 N–H and O–H groups in total. The van der Waals surface area contributed by atoms with E-state index in [1.165, 1.54) is 0 Å². The number of fused-ring (bicyclic) bond motifs is 2. The highest BCUT2D eigenvalue weighted by atomic mass is 16.4. The normalized spacial score (nSPS) is 27.2. The predicted molar refractivity (Wildman–Crippen MR) is 93.3 cm³/mol. The Morgan fingerprint density at radius 2 is 2.00 bits per heavy atom. The van der Waals surface area contributed by atoms with Gasteiger partial charge in [-0.05, 0) is 44.2 Å². The number of carboxylic acids is 1. The lowest BCUT2D eigenvalue weighted by Crippen LogP contribution is -2.47. The summed E-state index contributed by atoms with van der Waals surface area (Å²) in [6, 6.07) is 8.91. The lowest BCUT2D eigenvalue weighted by atomic mass is 9.84. The molecule has 25 heavy (non-hydrogen) atoms. The number of aliphatic carboxylic acids is 1. The number of hydrogen-bond donors (Lipinski definition) is 1. The molecule has 4 unspecified atom stereocenters. The second kappa shape index (κ2) is 6.21. The summed E-state index contributed by atoms with van der Waals surface area (Å²) in [5.41, 5.74) is 0.754. The first kappa shape index (κ1) is 16.2. The summed E-state index contributed by atoms with van der Waals surface area (Å²) in [7, 11) is 0. The van der Waals surface area contributed by atoms with E-state index in [1.807, 2.05) is 37.3 Å². The van der Waals surface area contributed by atoms with Gasteiger partial charge < -0.3 is 14.4 Å². The zero-order chi connectivity index (χ0) is 17.6. The Kier molecular flexibility index (Phi) is 4.02. The second-order valence-corrected chi connectivity index (χ2v) is 7.36. The van der Waals surface area contributed by atoms with Gasteiger partial charge in [0.2, 0.25) is 5.91 Å². The minimum absolute atomic E-state index is 0.0641. The fourth-order valence-corrected chi connectivity index (χ4v) is 4.56. The van der Waals surface area contributed by atoms with Crippen LogP contribution in [0.15, 0.2) is 34.7 Å². The fraction of sp³-hybridized carbons (Fsp3) is 0.500. The predicted octanol–water partition coefficient (Wildman–Crippen LogP) is 3.78. The van der Waals surface area contributed by atoms with Gasteiger partial charge in [0, 0.05) is 11.4 Å². The molecule has 1 saturated heterocycles. The van der Waals surface area contributed by atoms with Gasteiger partial charge >= 0.3 is 5.97 Å². The first-order valence-corrected chi connectivity index (χ1v) is 9.09. The molecule has 1 aliphatic heterocycles. The van der Waals surface area contributed by atoms with E-state index in [2.05, 4.69) is 0 Å². The summed E-state index contributed by atoms with van der Waals surface area (Å²) < 4.78 is 5.85. The fourth-order valence-electron chi connectivity index (χ4n) is 4.56. The van der Waals surface area contributed by atoms with Crippen LogP contribution in [0.3, 0.4) is 0 Å². The molecule has 5 heteroatoms. The van der Waals surface area contributed by atoms with E-state index in [4.69, 9.17) is 4.42 Å². The van der Waals surface area contributed by atoms with Crippen LogP contribution in [0.1, 0.15) is 50.7 Å². The monoisotopic (exact) mass is 341 g/mol. The first-order chi connectivity index (χ1) is 12.1. The zero-order valence-corrected chi connectivity index (χ0v) is 14.4. The van der Waals surface area contributed by atoms with Gasteiger partial charge in [0.05, 0.1) is 5.92 Å². The topological polar surface area (TPSA) is 70.8 Å². The van der Waals surface area contributed by atoms with E-state index in [0.29, 0.717) is 18.1 Å². The van der Waals surface area contributed by atoms with Crippen LogP contribution >= 0.6 is 0 Å². The van der Waals surface area contributed by atoms with Gasteiger partial charge in [-0.25, -0.2) is 4.79 Å². The average molecular weight is 341 g/mol. The van der Waals surface area contributed by atoms with Crippen LogP contribution in [0.2, 0.25) is 0 Å². The van der Waals surface area contributed by atoms with E-state index in [-0.39, 0.29) is 11.9 Å².